The van der Waals surface area contributed by atoms with Crippen LogP contribution < -0.4 is 10.2 Å². The summed E-state index contributed by atoms with van der Waals surface area (Å²) in [6.07, 6.45) is 6.84. The monoisotopic (exact) mass is 487 g/mol. The molecule has 0 bridgehead atoms. The van der Waals surface area contributed by atoms with Gasteiger partial charge >= 0.3 is 0 Å². The van der Waals surface area contributed by atoms with E-state index < -0.39 is 0 Å². The minimum atomic E-state index is -0.0564. The van der Waals surface area contributed by atoms with Crippen LogP contribution in [0.25, 0.3) is 11.7 Å². The first-order valence-electron chi connectivity index (χ1n) is 12.9. The number of hydrogen-bond donors (Lipinski definition) is 1. The molecule has 8 heteroatoms. The molecule has 1 amide bonds. The molecule has 2 saturated heterocycles. The van der Waals surface area contributed by atoms with Gasteiger partial charge in [0.15, 0.2) is 5.76 Å². The number of anilines is 1. The standard InChI is InChI=1S/C28H33N5O3/c1-20-5-2-3-13-33(20)19-22-9-7-21(8-10-22)18-30-26(34)23-11-14-32(15-12-23)28-24(17-29)31-27(36-28)25-6-4-16-35-25/h4,6-10,16,20,23H,2-3,5,11-15,18-19H2,1H3,(H,30,34). The van der Waals surface area contributed by atoms with E-state index in [-0.39, 0.29) is 17.5 Å². The Hall–Kier alpha value is -3.57. The van der Waals surface area contributed by atoms with E-state index in [1.54, 1.807) is 18.4 Å². The van der Waals surface area contributed by atoms with E-state index in [1.165, 1.54) is 31.4 Å². The van der Waals surface area contributed by atoms with Gasteiger partial charge in [0.1, 0.15) is 6.07 Å². The normalized spacial score (nSPS) is 19.2. The maximum atomic E-state index is 12.8. The molecule has 0 saturated carbocycles. The lowest BCUT2D eigenvalue weighted by atomic mass is 9.95. The van der Waals surface area contributed by atoms with Crippen molar-refractivity contribution in [2.45, 2.75) is 58.2 Å². The first-order chi connectivity index (χ1) is 17.6. The Labute approximate surface area is 211 Å². The first kappa shape index (κ1) is 24.1. The number of nitriles is 1. The lowest BCUT2D eigenvalue weighted by Gasteiger charge is -2.33. The van der Waals surface area contributed by atoms with Crippen LogP contribution in [0.1, 0.15) is 55.8 Å². The van der Waals surface area contributed by atoms with Crippen LogP contribution in [-0.4, -0.2) is 41.5 Å². The number of furan rings is 1. The van der Waals surface area contributed by atoms with Gasteiger partial charge in [-0.05, 0) is 62.4 Å². The van der Waals surface area contributed by atoms with Crippen molar-refractivity contribution in [3.63, 3.8) is 0 Å². The number of nitrogens with zero attached hydrogens (tertiary/aromatic N) is 4. The summed E-state index contributed by atoms with van der Waals surface area (Å²) in [6.45, 7) is 6.28. The number of benzene rings is 1. The SMILES string of the molecule is CC1CCCCN1Cc1ccc(CNC(=O)C2CCN(c3oc(-c4ccco4)nc3C#N)CC2)cc1. The van der Waals surface area contributed by atoms with Gasteiger partial charge in [-0.15, -0.1) is 0 Å². The zero-order chi connectivity index (χ0) is 24.9. The zero-order valence-electron chi connectivity index (χ0n) is 20.8. The summed E-state index contributed by atoms with van der Waals surface area (Å²) in [4.78, 5) is 21.6. The molecule has 1 aromatic carbocycles. The molecule has 5 rings (SSSR count). The number of nitrogens with one attached hydrogen (secondary N) is 1. The van der Waals surface area contributed by atoms with Crippen molar-refractivity contribution in [2.24, 2.45) is 5.92 Å². The topological polar surface area (TPSA) is 98.5 Å². The molecule has 36 heavy (non-hydrogen) atoms. The van der Waals surface area contributed by atoms with Crippen LogP contribution in [0, 0.1) is 17.2 Å². The largest absolute Gasteiger partial charge is 0.459 e. The fourth-order valence-corrected chi connectivity index (χ4v) is 5.17. The smallest absolute Gasteiger partial charge is 0.266 e. The van der Waals surface area contributed by atoms with Gasteiger partial charge in [0.25, 0.3) is 5.89 Å². The van der Waals surface area contributed by atoms with Crippen molar-refractivity contribution in [1.29, 1.82) is 5.26 Å². The number of likely N-dealkylation sites (tertiary alicyclic amines) is 1. The number of carbonyl (C=O) groups excluding carboxylic acids is 1. The second-order valence-corrected chi connectivity index (χ2v) is 9.87. The molecule has 0 radical (unpaired) electrons. The van der Waals surface area contributed by atoms with Crippen LogP contribution in [-0.2, 0) is 17.9 Å². The van der Waals surface area contributed by atoms with E-state index in [2.05, 4.69) is 52.5 Å². The Balaban J connectivity index is 1.10. The molecule has 2 aromatic heterocycles. The lowest BCUT2D eigenvalue weighted by molar-refractivity contribution is -0.125. The fraction of sp³-hybridized carbons (Fsp3) is 0.464. The fourth-order valence-electron chi connectivity index (χ4n) is 5.17. The highest BCUT2D eigenvalue weighted by Crippen LogP contribution is 2.31. The van der Waals surface area contributed by atoms with Crippen LogP contribution >= 0.6 is 0 Å². The summed E-state index contributed by atoms with van der Waals surface area (Å²) in [5.74, 6) is 1.25. The summed E-state index contributed by atoms with van der Waals surface area (Å²) in [6, 6.07) is 14.9. The van der Waals surface area contributed by atoms with Gasteiger partial charge in [-0.1, -0.05) is 30.7 Å². The van der Waals surface area contributed by atoms with Crippen molar-refractivity contribution < 1.29 is 13.6 Å². The van der Waals surface area contributed by atoms with Crippen LogP contribution in [0.15, 0.2) is 51.5 Å². The second-order valence-electron chi connectivity index (χ2n) is 9.87. The highest BCUT2D eigenvalue weighted by molar-refractivity contribution is 5.79. The number of carbonyl (C=O) groups is 1. The Morgan fingerprint density at radius 2 is 1.89 bits per heavy atom. The van der Waals surface area contributed by atoms with E-state index in [0.29, 0.717) is 56.1 Å². The quantitative estimate of drug-likeness (QED) is 0.515. The van der Waals surface area contributed by atoms with Crippen molar-refractivity contribution in [3.05, 3.63) is 59.5 Å². The molecule has 2 aliphatic heterocycles. The summed E-state index contributed by atoms with van der Waals surface area (Å²) >= 11 is 0. The molecular formula is C28H33N5O3. The molecule has 1 unspecified atom stereocenters. The molecule has 4 heterocycles. The van der Waals surface area contributed by atoms with Gasteiger partial charge in [-0.3, -0.25) is 9.69 Å². The van der Waals surface area contributed by atoms with Crippen molar-refractivity contribution in [3.8, 4) is 17.7 Å². The summed E-state index contributed by atoms with van der Waals surface area (Å²) in [7, 11) is 0. The average molecular weight is 488 g/mol. The first-order valence-corrected chi connectivity index (χ1v) is 12.9. The Morgan fingerprint density at radius 1 is 1.11 bits per heavy atom. The third kappa shape index (κ3) is 5.47. The van der Waals surface area contributed by atoms with E-state index in [0.717, 1.165) is 12.1 Å². The van der Waals surface area contributed by atoms with Crippen LogP contribution in [0.4, 0.5) is 5.88 Å². The number of amides is 1. The molecule has 1 atom stereocenters. The van der Waals surface area contributed by atoms with Crippen LogP contribution in [0.2, 0.25) is 0 Å². The molecule has 3 aromatic rings. The van der Waals surface area contributed by atoms with Crippen LogP contribution in [0.5, 0.6) is 0 Å². The van der Waals surface area contributed by atoms with Crippen molar-refractivity contribution in [2.75, 3.05) is 24.5 Å². The Bertz CT molecular complexity index is 1190. The van der Waals surface area contributed by atoms with Gasteiger partial charge < -0.3 is 19.1 Å². The molecule has 8 nitrogen and oxygen atoms in total. The van der Waals surface area contributed by atoms with E-state index in [4.69, 9.17) is 8.83 Å². The number of rotatable bonds is 7. The number of aromatic nitrogens is 1. The predicted octanol–water partition coefficient (Wildman–Crippen LogP) is 4.71. The van der Waals surface area contributed by atoms with Gasteiger partial charge in [0.05, 0.1) is 6.26 Å². The lowest BCUT2D eigenvalue weighted by Crippen LogP contribution is -2.40. The maximum absolute atomic E-state index is 12.8. The van der Waals surface area contributed by atoms with E-state index >= 15 is 0 Å². The molecule has 0 spiro atoms. The van der Waals surface area contributed by atoms with Gasteiger partial charge in [0, 0.05) is 38.1 Å². The highest BCUT2D eigenvalue weighted by atomic mass is 16.4. The molecule has 2 fully saturated rings. The summed E-state index contributed by atoms with van der Waals surface area (Å²) in [5, 5.41) is 12.6. The third-order valence-corrected chi connectivity index (χ3v) is 7.42. The molecule has 2 aliphatic rings. The Kier molecular flexibility index (Phi) is 7.38. The van der Waals surface area contributed by atoms with Crippen molar-refractivity contribution in [1.82, 2.24) is 15.2 Å². The Morgan fingerprint density at radius 3 is 2.58 bits per heavy atom. The minimum Gasteiger partial charge on any atom is -0.459 e. The number of oxazole rings is 1. The molecular weight excluding hydrogens is 454 g/mol. The number of piperidine rings is 2. The highest BCUT2D eigenvalue weighted by Gasteiger charge is 2.29. The van der Waals surface area contributed by atoms with Gasteiger partial charge in [-0.25, -0.2) is 0 Å². The molecule has 1 N–H and O–H groups in total. The van der Waals surface area contributed by atoms with Crippen LogP contribution in [0.3, 0.4) is 0 Å². The molecule has 188 valence electrons. The summed E-state index contributed by atoms with van der Waals surface area (Å²) in [5.41, 5.74) is 2.68. The molecule has 0 aliphatic carbocycles. The van der Waals surface area contributed by atoms with E-state index in [1.807, 2.05) is 4.90 Å². The second kappa shape index (κ2) is 11.0. The average Bonchev–Trinajstić information content (AvgIpc) is 3.60. The summed E-state index contributed by atoms with van der Waals surface area (Å²) < 4.78 is 11.2. The van der Waals surface area contributed by atoms with Gasteiger partial charge in [-0.2, -0.15) is 10.2 Å². The van der Waals surface area contributed by atoms with Gasteiger partial charge in [0.2, 0.25) is 17.5 Å². The minimum absolute atomic E-state index is 0.0564. The maximum Gasteiger partial charge on any atom is 0.266 e. The third-order valence-electron chi connectivity index (χ3n) is 7.42. The zero-order valence-corrected chi connectivity index (χ0v) is 20.8. The number of hydrogen-bond acceptors (Lipinski definition) is 7. The van der Waals surface area contributed by atoms with Crippen molar-refractivity contribution >= 4 is 11.8 Å². The van der Waals surface area contributed by atoms with E-state index in [9.17, 15) is 10.1 Å². The predicted molar refractivity (Wildman–Crippen MR) is 136 cm³/mol.